The van der Waals surface area contributed by atoms with Crippen LogP contribution in [0.25, 0.3) is 0 Å². The van der Waals surface area contributed by atoms with Crippen LogP contribution in [0.1, 0.15) is 16.8 Å². The highest BCUT2D eigenvalue weighted by molar-refractivity contribution is 6.31. The van der Waals surface area contributed by atoms with Gasteiger partial charge in [0.15, 0.2) is 5.84 Å². The Balaban J connectivity index is 2.06. The summed E-state index contributed by atoms with van der Waals surface area (Å²) < 4.78 is 0. The zero-order valence-corrected chi connectivity index (χ0v) is 12.5. The first-order chi connectivity index (χ1) is 10.1. The summed E-state index contributed by atoms with van der Waals surface area (Å²) in [6, 6.07) is 11.5. The van der Waals surface area contributed by atoms with Crippen molar-refractivity contribution in [1.29, 1.82) is 0 Å². The third kappa shape index (κ3) is 4.18. The van der Waals surface area contributed by atoms with Crippen molar-refractivity contribution in [2.24, 2.45) is 10.9 Å². The zero-order chi connectivity index (χ0) is 15.2. The van der Waals surface area contributed by atoms with Crippen molar-refractivity contribution in [3.63, 3.8) is 0 Å². The number of halogens is 1. The molecule has 6 heteroatoms. The molecule has 0 bridgehead atoms. The summed E-state index contributed by atoms with van der Waals surface area (Å²) >= 11 is 6.16. The molecule has 0 atom stereocenters. The van der Waals surface area contributed by atoms with Crippen LogP contribution in [0, 0.1) is 0 Å². The molecule has 0 unspecified atom stereocenters. The third-order valence-electron chi connectivity index (χ3n) is 3.05. The lowest BCUT2D eigenvalue weighted by molar-refractivity contribution is 0.317. The molecule has 2 aromatic rings. The zero-order valence-electron chi connectivity index (χ0n) is 11.7. The monoisotopic (exact) mass is 304 g/mol. The van der Waals surface area contributed by atoms with Crippen molar-refractivity contribution < 1.29 is 5.21 Å². The number of benzene rings is 1. The van der Waals surface area contributed by atoms with Gasteiger partial charge in [0.2, 0.25) is 0 Å². The van der Waals surface area contributed by atoms with Crippen molar-refractivity contribution >= 4 is 17.4 Å². The molecule has 0 saturated heterocycles. The number of nitrogens with two attached hydrogens (primary N) is 1. The topological polar surface area (TPSA) is 74.7 Å². The molecule has 2 rings (SSSR count). The van der Waals surface area contributed by atoms with E-state index >= 15 is 0 Å². The molecule has 110 valence electrons. The average Bonchev–Trinajstić information content (AvgIpc) is 2.49. The number of hydrogen-bond acceptors (Lipinski definition) is 4. The van der Waals surface area contributed by atoms with Crippen LogP contribution < -0.4 is 5.73 Å². The second-order valence-electron chi connectivity index (χ2n) is 4.80. The Labute approximate surface area is 128 Å². The molecule has 1 aromatic carbocycles. The fourth-order valence-corrected chi connectivity index (χ4v) is 2.24. The maximum absolute atomic E-state index is 8.68. The van der Waals surface area contributed by atoms with Gasteiger partial charge in [0, 0.05) is 24.3 Å². The number of pyridine rings is 1. The molecule has 5 nitrogen and oxygen atoms in total. The summed E-state index contributed by atoms with van der Waals surface area (Å²) in [5.74, 6) is 0.00519. The van der Waals surface area contributed by atoms with E-state index in [-0.39, 0.29) is 5.84 Å². The van der Waals surface area contributed by atoms with Crippen molar-refractivity contribution in [1.82, 2.24) is 9.88 Å². The Morgan fingerprint density at radius 2 is 2.10 bits per heavy atom. The lowest BCUT2D eigenvalue weighted by Gasteiger charge is -2.17. The van der Waals surface area contributed by atoms with Crippen molar-refractivity contribution in [3.05, 3.63) is 64.4 Å². The lowest BCUT2D eigenvalue weighted by Crippen LogP contribution is -2.19. The summed E-state index contributed by atoms with van der Waals surface area (Å²) in [7, 11) is 2.01. The Hall–Kier alpha value is -2.11. The molecule has 0 amide bonds. The number of oxime groups is 1. The Bertz CT molecular complexity index is 645. The van der Waals surface area contributed by atoms with Gasteiger partial charge < -0.3 is 10.9 Å². The van der Waals surface area contributed by atoms with E-state index < -0.39 is 0 Å². The van der Waals surface area contributed by atoms with E-state index in [1.807, 2.05) is 37.4 Å². The minimum absolute atomic E-state index is 0.00519. The van der Waals surface area contributed by atoms with Crippen LogP contribution >= 0.6 is 11.6 Å². The second-order valence-corrected chi connectivity index (χ2v) is 5.21. The van der Waals surface area contributed by atoms with Gasteiger partial charge in [0.1, 0.15) is 5.69 Å². The van der Waals surface area contributed by atoms with E-state index in [0.717, 1.165) is 22.7 Å². The van der Waals surface area contributed by atoms with Gasteiger partial charge in [-0.25, -0.2) is 0 Å². The molecule has 0 aliphatic carbocycles. The minimum atomic E-state index is 0.00519. The van der Waals surface area contributed by atoms with Gasteiger partial charge >= 0.3 is 0 Å². The number of aromatic nitrogens is 1. The van der Waals surface area contributed by atoms with E-state index in [9.17, 15) is 0 Å². The van der Waals surface area contributed by atoms with Gasteiger partial charge in [-0.3, -0.25) is 9.88 Å². The first-order valence-electron chi connectivity index (χ1n) is 6.45. The largest absolute Gasteiger partial charge is 0.409 e. The Morgan fingerprint density at radius 3 is 2.81 bits per heavy atom. The van der Waals surface area contributed by atoms with Crippen LogP contribution in [-0.2, 0) is 13.1 Å². The smallest absolute Gasteiger partial charge is 0.188 e. The predicted molar refractivity (Wildman–Crippen MR) is 83.4 cm³/mol. The third-order valence-corrected chi connectivity index (χ3v) is 3.41. The van der Waals surface area contributed by atoms with Crippen LogP contribution in [-0.4, -0.2) is 28.0 Å². The molecule has 0 fully saturated rings. The molecule has 0 saturated carbocycles. The summed E-state index contributed by atoms with van der Waals surface area (Å²) in [5.41, 5.74) is 8.11. The van der Waals surface area contributed by atoms with Crippen molar-refractivity contribution in [3.8, 4) is 0 Å². The molecule has 0 aliphatic rings. The summed E-state index contributed by atoms with van der Waals surface area (Å²) in [4.78, 5) is 6.19. The molecule has 21 heavy (non-hydrogen) atoms. The molecule has 1 heterocycles. The van der Waals surface area contributed by atoms with E-state index in [1.54, 1.807) is 12.3 Å². The fraction of sp³-hybridized carbons (Fsp3) is 0.200. The first kappa shape index (κ1) is 15.3. The van der Waals surface area contributed by atoms with Crippen LogP contribution in [0.2, 0.25) is 5.02 Å². The lowest BCUT2D eigenvalue weighted by atomic mass is 10.2. The second kappa shape index (κ2) is 7.06. The molecule has 0 spiro atoms. The van der Waals surface area contributed by atoms with Crippen LogP contribution in [0.5, 0.6) is 0 Å². The SMILES string of the molecule is CN(Cc1ccnc(C(N)=NO)c1)Cc1ccccc1Cl. The minimum Gasteiger partial charge on any atom is -0.409 e. The normalized spacial score (nSPS) is 11.9. The van der Waals surface area contributed by atoms with Gasteiger partial charge in [0.05, 0.1) is 0 Å². The van der Waals surface area contributed by atoms with Crippen molar-refractivity contribution in [2.75, 3.05) is 7.05 Å². The maximum atomic E-state index is 8.68. The molecule has 0 radical (unpaired) electrons. The highest BCUT2D eigenvalue weighted by Crippen LogP contribution is 2.17. The average molecular weight is 305 g/mol. The number of rotatable bonds is 5. The van der Waals surface area contributed by atoms with Gasteiger partial charge in [-0.15, -0.1) is 0 Å². The summed E-state index contributed by atoms with van der Waals surface area (Å²) in [5, 5.41) is 12.4. The molecular weight excluding hydrogens is 288 g/mol. The van der Waals surface area contributed by atoms with Crippen LogP contribution in [0.15, 0.2) is 47.8 Å². The van der Waals surface area contributed by atoms with Crippen LogP contribution in [0.4, 0.5) is 0 Å². The van der Waals surface area contributed by atoms with E-state index in [4.69, 9.17) is 22.5 Å². The van der Waals surface area contributed by atoms with Gasteiger partial charge in [0.25, 0.3) is 0 Å². The number of amidine groups is 1. The van der Waals surface area contributed by atoms with E-state index in [1.165, 1.54) is 0 Å². The van der Waals surface area contributed by atoms with E-state index in [0.29, 0.717) is 12.2 Å². The van der Waals surface area contributed by atoms with Gasteiger partial charge in [-0.05, 0) is 36.4 Å². The predicted octanol–water partition coefficient (Wildman–Crippen LogP) is 2.46. The highest BCUT2D eigenvalue weighted by Gasteiger charge is 2.07. The Kier molecular flexibility index (Phi) is 5.14. The first-order valence-corrected chi connectivity index (χ1v) is 6.82. The summed E-state index contributed by atoms with van der Waals surface area (Å²) in [6.45, 7) is 1.44. The number of nitrogens with zero attached hydrogens (tertiary/aromatic N) is 3. The highest BCUT2D eigenvalue weighted by atomic mass is 35.5. The Morgan fingerprint density at radius 1 is 1.33 bits per heavy atom. The molecular formula is C15H17ClN4O. The van der Waals surface area contributed by atoms with E-state index in [2.05, 4.69) is 15.0 Å². The molecule has 1 aromatic heterocycles. The van der Waals surface area contributed by atoms with Crippen molar-refractivity contribution in [2.45, 2.75) is 13.1 Å². The standard InChI is InChI=1S/C15H17ClN4O/c1-20(10-12-4-2-3-5-13(12)16)9-11-6-7-18-14(8-11)15(17)19-21/h2-8,21H,9-10H2,1H3,(H2,17,19). The maximum Gasteiger partial charge on any atom is 0.188 e. The summed E-state index contributed by atoms with van der Waals surface area (Å²) in [6.07, 6.45) is 1.64. The molecule has 0 aliphatic heterocycles. The fourth-order valence-electron chi connectivity index (χ4n) is 2.05. The quantitative estimate of drug-likeness (QED) is 0.385. The number of hydrogen-bond donors (Lipinski definition) is 2. The van der Waals surface area contributed by atoms with Gasteiger partial charge in [-0.2, -0.15) is 0 Å². The van der Waals surface area contributed by atoms with Crippen LogP contribution in [0.3, 0.4) is 0 Å². The molecule has 3 N–H and O–H groups in total. The van der Waals surface area contributed by atoms with Gasteiger partial charge in [-0.1, -0.05) is 35.0 Å².